The van der Waals surface area contributed by atoms with Gasteiger partial charge in [0.2, 0.25) is 0 Å². The fraction of sp³-hybridized carbons (Fsp3) is 0.115. The van der Waals surface area contributed by atoms with E-state index in [-0.39, 0.29) is 17.3 Å². The van der Waals surface area contributed by atoms with Crippen molar-refractivity contribution in [1.82, 2.24) is 4.90 Å². The van der Waals surface area contributed by atoms with Crippen LogP contribution in [0.2, 0.25) is 0 Å². The first-order valence-corrected chi connectivity index (χ1v) is 11.7. The summed E-state index contributed by atoms with van der Waals surface area (Å²) in [6.45, 7) is 1.78. The Bertz CT molecular complexity index is 1150. The van der Waals surface area contributed by atoms with Gasteiger partial charge in [-0.2, -0.15) is 0 Å². The molecule has 0 atom stereocenters. The number of carbonyl (C=O) groups is 1. The Morgan fingerprint density at radius 2 is 1.28 bits per heavy atom. The number of carbonyl (C=O) groups excluding carboxylic acids is 1. The van der Waals surface area contributed by atoms with Crippen LogP contribution in [0, 0.1) is 0 Å². The Morgan fingerprint density at radius 3 is 1.75 bits per heavy atom. The number of hydrogen-bond acceptors (Lipinski definition) is 4. The third-order valence-corrected chi connectivity index (χ3v) is 6.52. The van der Waals surface area contributed by atoms with E-state index >= 15 is 0 Å². The Kier molecular flexibility index (Phi) is 6.94. The molecule has 4 rings (SSSR count). The molecule has 1 heterocycles. The van der Waals surface area contributed by atoms with Crippen molar-refractivity contribution in [3.63, 3.8) is 0 Å². The van der Waals surface area contributed by atoms with Crippen molar-refractivity contribution in [1.29, 1.82) is 0 Å². The molecule has 0 unspecified atom stereocenters. The predicted octanol–water partition coefficient (Wildman–Crippen LogP) is 6.17. The van der Waals surface area contributed by atoms with Gasteiger partial charge in [-0.3, -0.25) is 9.69 Å². The second-order valence-electron chi connectivity index (χ2n) is 7.72. The molecule has 1 aliphatic rings. The van der Waals surface area contributed by atoms with E-state index in [0.717, 1.165) is 17.7 Å². The zero-order valence-corrected chi connectivity index (χ0v) is 20.3. The van der Waals surface area contributed by atoms with Gasteiger partial charge in [-0.05, 0) is 85.0 Å². The highest BCUT2D eigenvalue weighted by Crippen LogP contribution is 2.29. The lowest BCUT2D eigenvalue weighted by Crippen LogP contribution is -2.37. The molecule has 1 aliphatic heterocycles. The molecule has 0 bridgehead atoms. The highest BCUT2D eigenvalue weighted by Gasteiger charge is 2.26. The Labute approximate surface area is 203 Å². The van der Waals surface area contributed by atoms with Crippen molar-refractivity contribution in [3.05, 3.63) is 104 Å². The number of halogens is 2. The summed E-state index contributed by atoms with van der Waals surface area (Å²) in [6, 6.07) is 20.6. The molecular formula is C26H21Br2NO3. The van der Waals surface area contributed by atoms with Crippen LogP contribution in [0.4, 0.5) is 0 Å². The predicted molar refractivity (Wildman–Crippen MR) is 134 cm³/mol. The summed E-state index contributed by atoms with van der Waals surface area (Å²) < 4.78 is 1.17. The van der Waals surface area contributed by atoms with E-state index in [2.05, 4.69) is 48.9 Å². The number of hydrogen-bond donors (Lipinski definition) is 2. The second kappa shape index (κ2) is 9.86. The molecule has 4 nitrogen and oxygen atoms in total. The maximum atomic E-state index is 13.4. The third-order valence-electron chi connectivity index (χ3n) is 5.25. The van der Waals surface area contributed by atoms with Crippen LogP contribution in [-0.4, -0.2) is 34.0 Å². The summed E-state index contributed by atoms with van der Waals surface area (Å²) in [4.78, 5) is 15.6. The van der Waals surface area contributed by atoms with Gasteiger partial charge in [-0.15, -0.1) is 0 Å². The molecule has 162 valence electrons. The van der Waals surface area contributed by atoms with Gasteiger partial charge in [-0.25, -0.2) is 0 Å². The van der Waals surface area contributed by atoms with E-state index in [9.17, 15) is 15.0 Å². The third kappa shape index (κ3) is 5.38. The van der Waals surface area contributed by atoms with Crippen LogP contribution < -0.4 is 0 Å². The average Bonchev–Trinajstić information content (AvgIpc) is 2.77. The molecule has 2 N–H and O–H groups in total. The van der Waals surface area contributed by atoms with E-state index in [4.69, 9.17) is 0 Å². The molecule has 0 amide bonds. The van der Waals surface area contributed by atoms with Gasteiger partial charge in [0.15, 0.2) is 5.78 Å². The smallest absolute Gasteiger partial charge is 0.187 e. The van der Waals surface area contributed by atoms with Crippen molar-refractivity contribution in [2.75, 3.05) is 13.1 Å². The summed E-state index contributed by atoms with van der Waals surface area (Å²) in [5.41, 5.74) is 4.24. The van der Waals surface area contributed by atoms with E-state index in [1.165, 1.54) is 5.56 Å². The molecule has 0 saturated carbocycles. The number of aromatic hydroxyl groups is 2. The van der Waals surface area contributed by atoms with Crippen LogP contribution in [0.15, 0.2) is 86.8 Å². The lowest BCUT2D eigenvalue weighted by Gasteiger charge is -2.30. The van der Waals surface area contributed by atoms with E-state index < -0.39 is 0 Å². The number of nitrogens with zero attached hydrogens (tertiary/aromatic N) is 1. The summed E-state index contributed by atoms with van der Waals surface area (Å²) in [5, 5.41) is 19.6. The number of benzene rings is 3. The summed E-state index contributed by atoms with van der Waals surface area (Å²) in [6.07, 6.45) is 3.76. The van der Waals surface area contributed by atoms with Crippen LogP contribution >= 0.6 is 31.9 Å². The van der Waals surface area contributed by atoms with E-state index in [1.54, 1.807) is 36.4 Å². The van der Waals surface area contributed by atoms with Crippen molar-refractivity contribution in [2.24, 2.45) is 0 Å². The van der Waals surface area contributed by atoms with Crippen LogP contribution in [0.25, 0.3) is 12.2 Å². The first-order valence-electron chi connectivity index (χ1n) is 10.1. The lowest BCUT2D eigenvalue weighted by atomic mass is 9.94. The molecular weight excluding hydrogens is 534 g/mol. The molecule has 0 radical (unpaired) electrons. The van der Waals surface area contributed by atoms with E-state index in [0.29, 0.717) is 33.2 Å². The molecule has 32 heavy (non-hydrogen) atoms. The Morgan fingerprint density at radius 1 is 0.781 bits per heavy atom. The van der Waals surface area contributed by atoms with Crippen molar-refractivity contribution < 1.29 is 15.0 Å². The monoisotopic (exact) mass is 553 g/mol. The number of phenolic OH excluding ortho intramolecular Hbond substituents is 2. The maximum absolute atomic E-state index is 13.4. The summed E-state index contributed by atoms with van der Waals surface area (Å²) in [7, 11) is 0. The lowest BCUT2D eigenvalue weighted by molar-refractivity contribution is -0.113. The molecule has 3 aromatic rings. The molecule has 1 fully saturated rings. The van der Waals surface area contributed by atoms with Crippen LogP contribution in [-0.2, 0) is 11.3 Å². The fourth-order valence-electron chi connectivity index (χ4n) is 3.69. The highest BCUT2D eigenvalue weighted by molar-refractivity contribution is 9.10. The van der Waals surface area contributed by atoms with Gasteiger partial charge >= 0.3 is 0 Å². The Balaban J connectivity index is 1.70. The second-order valence-corrected chi connectivity index (χ2v) is 9.43. The van der Waals surface area contributed by atoms with Gasteiger partial charge in [0.05, 0.1) is 8.95 Å². The summed E-state index contributed by atoms with van der Waals surface area (Å²) in [5.74, 6) is 0.320. The minimum absolute atomic E-state index is 0.00251. The first-order chi connectivity index (χ1) is 15.4. The standard InChI is InChI=1S/C26H21Br2NO3/c27-22-12-18(6-8-24(22)30)10-20-15-29(14-17-4-2-1-3-5-17)16-21(26(20)32)11-19-7-9-25(31)23(28)13-19/h1-13,30-31H,14-16H2. The zero-order chi connectivity index (χ0) is 22.7. The molecule has 0 spiro atoms. The zero-order valence-electron chi connectivity index (χ0n) is 17.1. The van der Waals surface area contributed by atoms with Crippen molar-refractivity contribution >= 4 is 49.8 Å². The highest BCUT2D eigenvalue weighted by atomic mass is 79.9. The quantitative estimate of drug-likeness (QED) is 0.378. The number of phenols is 2. The SMILES string of the molecule is O=C1C(=Cc2ccc(O)c(Br)c2)CN(Cc2ccccc2)CC1=Cc1ccc(O)c(Br)c1. The topological polar surface area (TPSA) is 60.8 Å². The van der Waals surface area contributed by atoms with Gasteiger partial charge in [-0.1, -0.05) is 42.5 Å². The minimum Gasteiger partial charge on any atom is -0.507 e. The number of piperidine rings is 1. The van der Waals surface area contributed by atoms with Gasteiger partial charge in [0, 0.05) is 30.8 Å². The van der Waals surface area contributed by atoms with Crippen molar-refractivity contribution in [3.8, 4) is 11.5 Å². The first kappa shape index (κ1) is 22.5. The molecule has 0 aromatic heterocycles. The maximum Gasteiger partial charge on any atom is 0.187 e. The van der Waals surface area contributed by atoms with E-state index in [1.807, 2.05) is 30.4 Å². The minimum atomic E-state index is 0.00251. The largest absolute Gasteiger partial charge is 0.507 e. The molecule has 3 aromatic carbocycles. The van der Waals surface area contributed by atoms with Gasteiger partial charge < -0.3 is 10.2 Å². The molecule has 0 aliphatic carbocycles. The van der Waals surface area contributed by atoms with Crippen LogP contribution in [0.5, 0.6) is 11.5 Å². The number of likely N-dealkylation sites (tertiary alicyclic amines) is 1. The number of ketones is 1. The Hall–Kier alpha value is -2.67. The van der Waals surface area contributed by atoms with Crippen molar-refractivity contribution in [2.45, 2.75) is 6.54 Å². The summed E-state index contributed by atoms with van der Waals surface area (Å²) >= 11 is 6.68. The van der Waals surface area contributed by atoms with Gasteiger partial charge in [0.25, 0.3) is 0 Å². The number of Topliss-reactive ketones (excluding diaryl/α,β-unsaturated/α-hetero) is 1. The number of rotatable bonds is 4. The van der Waals surface area contributed by atoms with Crippen LogP contribution in [0.1, 0.15) is 16.7 Å². The fourth-order valence-corrected chi connectivity index (χ4v) is 4.48. The average molecular weight is 555 g/mol. The van der Waals surface area contributed by atoms with Gasteiger partial charge in [0.1, 0.15) is 11.5 Å². The molecule has 1 saturated heterocycles. The molecule has 6 heteroatoms. The van der Waals surface area contributed by atoms with Crippen LogP contribution in [0.3, 0.4) is 0 Å². The normalized spacial score (nSPS) is 17.2.